The molecule has 1 unspecified atom stereocenters. The van der Waals surface area contributed by atoms with Gasteiger partial charge in [-0.15, -0.1) is 4.98 Å². The summed E-state index contributed by atoms with van der Waals surface area (Å²) in [6.07, 6.45) is 0.0385. The van der Waals surface area contributed by atoms with Crippen LogP contribution in [0.1, 0.15) is 27.7 Å². The highest BCUT2D eigenvalue weighted by atomic mass is 16.5. The molecule has 0 aromatic carbocycles. The van der Waals surface area contributed by atoms with Crippen LogP contribution in [0.3, 0.4) is 0 Å². The average molecular weight is 240 g/mol. The minimum absolute atomic E-state index is 0.0385. The summed E-state index contributed by atoms with van der Waals surface area (Å²) >= 11 is 0. The van der Waals surface area contributed by atoms with Gasteiger partial charge in [-0.1, -0.05) is 13.8 Å². The number of hydrogen-bond donors (Lipinski definition) is 1. The molecule has 1 heterocycles. The van der Waals surface area contributed by atoms with E-state index in [1.54, 1.807) is 0 Å². The maximum atomic E-state index is 5.62. The molecule has 1 aromatic heterocycles. The number of nitrogens with zero attached hydrogens (tertiary/aromatic N) is 3. The normalized spacial score (nSPS) is 12.4. The van der Waals surface area contributed by atoms with Crippen molar-refractivity contribution in [2.45, 2.75) is 33.8 Å². The number of hydrogen-bond acceptors (Lipinski definition) is 6. The van der Waals surface area contributed by atoms with E-state index in [9.17, 15) is 0 Å². The van der Waals surface area contributed by atoms with E-state index < -0.39 is 0 Å². The van der Waals surface area contributed by atoms with Crippen LogP contribution in [0.25, 0.3) is 0 Å². The molecular formula is C11H20N4O2. The van der Waals surface area contributed by atoms with Crippen molar-refractivity contribution in [2.24, 2.45) is 5.92 Å². The van der Waals surface area contributed by atoms with Crippen molar-refractivity contribution in [3.63, 3.8) is 0 Å². The number of aromatic nitrogens is 3. The largest absolute Gasteiger partial charge is 0.467 e. The van der Waals surface area contributed by atoms with E-state index in [0.29, 0.717) is 11.9 Å². The lowest BCUT2D eigenvalue weighted by Crippen LogP contribution is -2.20. The molecule has 96 valence electrons. The van der Waals surface area contributed by atoms with Crippen LogP contribution in [0, 0.1) is 5.92 Å². The van der Waals surface area contributed by atoms with E-state index in [2.05, 4.69) is 34.1 Å². The standard InChI is InChI=1S/C11H20N4O2/c1-6-12-9-13-10(16-5)15-11(14-9)17-8(4)7(2)3/h7-8H,6H2,1-5H3,(H,12,13,14,15). The van der Waals surface area contributed by atoms with Crippen LogP contribution in [0.4, 0.5) is 5.95 Å². The van der Waals surface area contributed by atoms with Crippen molar-refractivity contribution < 1.29 is 9.47 Å². The molecule has 1 atom stereocenters. The lowest BCUT2D eigenvalue weighted by atomic mass is 10.1. The van der Waals surface area contributed by atoms with Gasteiger partial charge in [0.15, 0.2) is 0 Å². The first-order valence-corrected chi connectivity index (χ1v) is 5.77. The van der Waals surface area contributed by atoms with Gasteiger partial charge in [0.2, 0.25) is 5.95 Å². The molecule has 6 heteroatoms. The van der Waals surface area contributed by atoms with Gasteiger partial charge < -0.3 is 14.8 Å². The van der Waals surface area contributed by atoms with E-state index in [4.69, 9.17) is 9.47 Å². The average Bonchev–Trinajstić information content (AvgIpc) is 2.28. The predicted molar refractivity (Wildman–Crippen MR) is 65.5 cm³/mol. The summed E-state index contributed by atoms with van der Waals surface area (Å²) in [7, 11) is 1.51. The molecule has 17 heavy (non-hydrogen) atoms. The molecule has 0 fully saturated rings. The Hall–Kier alpha value is -1.59. The first kappa shape index (κ1) is 13.5. The Kier molecular flexibility index (Phi) is 4.93. The highest BCUT2D eigenvalue weighted by molar-refractivity contribution is 5.27. The molecule has 0 saturated carbocycles. The van der Waals surface area contributed by atoms with Crippen molar-refractivity contribution in [1.29, 1.82) is 0 Å². The Morgan fingerprint density at radius 2 is 1.76 bits per heavy atom. The smallest absolute Gasteiger partial charge is 0.324 e. The van der Waals surface area contributed by atoms with Gasteiger partial charge >= 0.3 is 12.0 Å². The third kappa shape index (κ3) is 4.05. The molecule has 1 N–H and O–H groups in total. The van der Waals surface area contributed by atoms with Crippen LogP contribution in [-0.4, -0.2) is 34.7 Å². The molecule has 0 amide bonds. The molecule has 0 aliphatic rings. The van der Waals surface area contributed by atoms with Crippen LogP contribution in [0.2, 0.25) is 0 Å². The summed E-state index contributed by atoms with van der Waals surface area (Å²) in [5.74, 6) is 0.852. The lowest BCUT2D eigenvalue weighted by molar-refractivity contribution is 0.153. The molecule has 0 spiro atoms. The zero-order chi connectivity index (χ0) is 12.8. The minimum Gasteiger partial charge on any atom is -0.467 e. The summed E-state index contributed by atoms with van der Waals surface area (Å²) in [4.78, 5) is 12.3. The van der Waals surface area contributed by atoms with E-state index >= 15 is 0 Å². The van der Waals surface area contributed by atoms with Crippen molar-refractivity contribution in [3.8, 4) is 12.0 Å². The van der Waals surface area contributed by atoms with Gasteiger partial charge in [0, 0.05) is 6.54 Å². The molecule has 0 aliphatic carbocycles. The highest BCUT2D eigenvalue weighted by Gasteiger charge is 2.13. The third-order valence-electron chi connectivity index (χ3n) is 2.34. The maximum Gasteiger partial charge on any atom is 0.324 e. The fourth-order valence-electron chi connectivity index (χ4n) is 1.02. The summed E-state index contributed by atoms with van der Waals surface area (Å²) in [5.41, 5.74) is 0. The Morgan fingerprint density at radius 3 is 2.29 bits per heavy atom. The van der Waals surface area contributed by atoms with E-state index in [1.165, 1.54) is 7.11 Å². The molecule has 0 saturated heterocycles. The van der Waals surface area contributed by atoms with Gasteiger partial charge in [0.1, 0.15) is 6.10 Å². The second kappa shape index (κ2) is 6.22. The van der Waals surface area contributed by atoms with Crippen molar-refractivity contribution in [3.05, 3.63) is 0 Å². The third-order valence-corrected chi connectivity index (χ3v) is 2.34. The zero-order valence-corrected chi connectivity index (χ0v) is 11.0. The molecule has 6 nitrogen and oxygen atoms in total. The van der Waals surface area contributed by atoms with Gasteiger partial charge in [-0.05, 0) is 19.8 Å². The van der Waals surface area contributed by atoms with Gasteiger partial charge in [0.25, 0.3) is 0 Å². The minimum atomic E-state index is 0.0385. The first-order chi connectivity index (χ1) is 8.06. The quantitative estimate of drug-likeness (QED) is 0.816. The maximum absolute atomic E-state index is 5.62. The monoisotopic (exact) mass is 240 g/mol. The molecule has 1 aromatic rings. The molecular weight excluding hydrogens is 220 g/mol. The number of nitrogens with one attached hydrogen (secondary N) is 1. The predicted octanol–water partition coefficient (Wildman–Crippen LogP) is 1.74. The number of rotatable bonds is 6. The molecule has 0 bridgehead atoms. The Morgan fingerprint density at radius 1 is 1.12 bits per heavy atom. The first-order valence-electron chi connectivity index (χ1n) is 5.77. The number of methoxy groups -OCH3 is 1. The van der Waals surface area contributed by atoms with E-state index in [0.717, 1.165) is 6.54 Å². The Bertz CT molecular complexity index is 357. The lowest BCUT2D eigenvalue weighted by Gasteiger charge is -2.16. The van der Waals surface area contributed by atoms with Gasteiger partial charge in [-0.2, -0.15) is 9.97 Å². The summed E-state index contributed by atoms with van der Waals surface area (Å²) in [6, 6.07) is 0.538. The van der Waals surface area contributed by atoms with Crippen molar-refractivity contribution >= 4 is 5.95 Å². The summed E-state index contributed by atoms with van der Waals surface area (Å²) < 4.78 is 10.6. The molecule has 0 radical (unpaired) electrons. The van der Waals surface area contributed by atoms with Gasteiger partial charge in [-0.25, -0.2) is 0 Å². The zero-order valence-electron chi connectivity index (χ0n) is 11.0. The fourth-order valence-corrected chi connectivity index (χ4v) is 1.02. The van der Waals surface area contributed by atoms with Crippen LogP contribution in [0.15, 0.2) is 0 Å². The number of anilines is 1. The van der Waals surface area contributed by atoms with E-state index in [1.807, 2.05) is 13.8 Å². The Labute approximate surface area is 102 Å². The SMILES string of the molecule is CCNc1nc(OC)nc(OC(C)C(C)C)n1. The van der Waals surface area contributed by atoms with Crippen molar-refractivity contribution in [1.82, 2.24) is 15.0 Å². The van der Waals surface area contributed by atoms with E-state index in [-0.39, 0.29) is 18.1 Å². The van der Waals surface area contributed by atoms with Crippen molar-refractivity contribution in [2.75, 3.05) is 19.0 Å². The second-order valence-electron chi connectivity index (χ2n) is 4.03. The van der Waals surface area contributed by atoms with Gasteiger partial charge in [-0.3, -0.25) is 0 Å². The Balaban J connectivity index is 2.86. The topological polar surface area (TPSA) is 69.2 Å². The van der Waals surface area contributed by atoms with Crippen LogP contribution in [-0.2, 0) is 0 Å². The molecule has 0 aliphatic heterocycles. The molecule has 1 rings (SSSR count). The van der Waals surface area contributed by atoms with Crippen LogP contribution in [0.5, 0.6) is 12.0 Å². The van der Waals surface area contributed by atoms with Gasteiger partial charge in [0.05, 0.1) is 7.11 Å². The summed E-state index contributed by atoms with van der Waals surface area (Å²) in [6.45, 7) is 8.83. The highest BCUT2D eigenvalue weighted by Crippen LogP contribution is 2.15. The van der Waals surface area contributed by atoms with Crippen LogP contribution < -0.4 is 14.8 Å². The summed E-state index contributed by atoms with van der Waals surface area (Å²) in [5, 5.41) is 3.00. The fraction of sp³-hybridized carbons (Fsp3) is 0.727. The second-order valence-corrected chi connectivity index (χ2v) is 4.03. The van der Waals surface area contributed by atoms with Crippen LogP contribution >= 0.6 is 0 Å². The number of ether oxygens (including phenoxy) is 2.